The van der Waals surface area contributed by atoms with Crippen LogP contribution in [0.2, 0.25) is 0 Å². The summed E-state index contributed by atoms with van der Waals surface area (Å²) in [6.45, 7) is 3.04. The third-order valence-electron chi connectivity index (χ3n) is 3.58. The normalized spacial score (nSPS) is 30.7. The average Bonchev–Trinajstić information content (AvgIpc) is 2.66. The summed E-state index contributed by atoms with van der Waals surface area (Å²) in [6, 6.07) is 0. The van der Waals surface area contributed by atoms with Gasteiger partial charge in [0.2, 0.25) is 0 Å². The van der Waals surface area contributed by atoms with E-state index in [-0.39, 0.29) is 13.0 Å². The summed E-state index contributed by atoms with van der Waals surface area (Å²) < 4.78 is 6.81. The molecule has 19 heavy (non-hydrogen) atoms. The number of hydrogen-bond acceptors (Lipinski definition) is 5. The summed E-state index contributed by atoms with van der Waals surface area (Å²) in [5.41, 5.74) is -1.61. The SMILES string of the molecule is CCc1cn([C@H]2C[C@H](O)[C@@](C)(CO)O2)c(=O)[nH]c1=O. The highest BCUT2D eigenvalue weighted by Crippen LogP contribution is 2.35. The van der Waals surface area contributed by atoms with Crippen LogP contribution >= 0.6 is 0 Å². The smallest absolute Gasteiger partial charge is 0.330 e. The van der Waals surface area contributed by atoms with Crippen LogP contribution in [0.1, 0.15) is 32.1 Å². The summed E-state index contributed by atoms with van der Waals surface area (Å²) in [4.78, 5) is 25.5. The molecule has 106 valence electrons. The van der Waals surface area contributed by atoms with E-state index in [1.54, 1.807) is 6.92 Å². The van der Waals surface area contributed by atoms with E-state index >= 15 is 0 Å². The van der Waals surface area contributed by atoms with Crippen LogP contribution in [0.25, 0.3) is 0 Å². The number of H-pyrrole nitrogens is 1. The van der Waals surface area contributed by atoms with Crippen molar-refractivity contribution < 1.29 is 14.9 Å². The molecular formula is C12H18N2O5. The second-order valence-corrected chi connectivity index (χ2v) is 4.97. The van der Waals surface area contributed by atoms with Crippen molar-refractivity contribution in [1.82, 2.24) is 9.55 Å². The maximum Gasteiger partial charge on any atom is 0.330 e. The highest BCUT2D eigenvalue weighted by atomic mass is 16.6. The van der Waals surface area contributed by atoms with Gasteiger partial charge in [0, 0.05) is 18.2 Å². The Morgan fingerprint density at radius 3 is 2.79 bits per heavy atom. The van der Waals surface area contributed by atoms with Crippen LogP contribution < -0.4 is 11.2 Å². The van der Waals surface area contributed by atoms with Gasteiger partial charge in [-0.05, 0) is 13.3 Å². The fourth-order valence-electron chi connectivity index (χ4n) is 2.18. The largest absolute Gasteiger partial charge is 0.393 e. The Morgan fingerprint density at radius 1 is 1.58 bits per heavy atom. The van der Waals surface area contributed by atoms with Crippen LogP contribution in [-0.4, -0.2) is 38.1 Å². The van der Waals surface area contributed by atoms with Gasteiger partial charge in [-0.25, -0.2) is 4.79 Å². The van der Waals surface area contributed by atoms with Crippen molar-refractivity contribution in [2.24, 2.45) is 0 Å². The molecule has 0 bridgehead atoms. The second-order valence-electron chi connectivity index (χ2n) is 4.97. The van der Waals surface area contributed by atoms with E-state index in [9.17, 15) is 19.8 Å². The minimum atomic E-state index is -1.09. The zero-order valence-corrected chi connectivity index (χ0v) is 10.9. The van der Waals surface area contributed by atoms with Gasteiger partial charge < -0.3 is 14.9 Å². The van der Waals surface area contributed by atoms with E-state index in [4.69, 9.17) is 4.74 Å². The molecule has 2 rings (SSSR count). The molecule has 0 unspecified atom stereocenters. The molecule has 1 aliphatic rings. The summed E-state index contributed by atoms with van der Waals surface area (Å²) in [7, 11) is 0. The molecule has 2 heterocycles. The Kier molecular flexibility index (Phi) is 3.62. The predicted molar refractivity (Wildman–Crippen MR) is 66.9 cm³/mol. The number of rotatable bonds is 3. The van der Waals surface area contributed by atoms with Crippen molar-refractivity contribution in [3.63, 3.8) is 0 Å². The number of aliphatic hydroxyl groups excluding tert-OH is 2. The molecule has 0 amide bonds. The molecule has 0 aromatic carbocycles. The molecule has 3 atom stereocenters. The van der Waals surface area contributed by atoms with Crippen molar-refractivity contribution in [2.45, 2.75) is 44.6 Å². The number of ether oxygens (including phenoxy) is 1. The number of aryl methyl sites for hydroxylation is 1. The van der Waals surface area contributed by atoms with Crippen LogP contribution in [0.15, 0.2) is 15.8 Å². The number of hydrogen-bond donors (Lipinski definition) is 3. The third-order valence-corrected chi connectivity index (χ3v) is 3.58. The Balaban J connectivity index is 2.39. The first-order chi connectivity index (χ1) is 8.91. The third kappa shape index (κ3) is 2.36. The highest BCUT2D eigenvalue weighted by molar-refractivity contribution is 5.05. The molecule has 0 spiro atoms. The lowest BCUT2D eigenvalue weighted by Gasteiger charge is -2.25. The topological polar surface area (TPSA) is 105 Å². The maximum absolute atomic E-state index is 11.8. The number of aromatic nitrogens is 2. The van der Waals surface area contributed by atoms with E-state index in [1.807, 2.05) is 6.92 Å². The Hall–Kier alpha value is -1.44. The molecule has 0 aliphatic carbocycles. The van der Waals surface area contributed by atoms with Crippen molar-refractivity contribution in [1.29, 1.82) is 0 Å². The van der Waals surface area contributed by atoms with Gasteiger partial charge >= 0.3 is 5.69 Å². The summed E-state index contributed by atoms with van der Waals surface area (Å²) in [5.74, 6) is 0. The van der Waals surface area contributed by atoms with Gasteiger partial charge in [-0.3, -0.25) is 14.3 Å². The van der Waals surface area contributed by atoms with Crippen molar-refractivity contribution >= 4 is 0 Å². The zero-order valence-electron chi connectivity index (χ0n) is 10.9. The van der Waals surface area contributed by atoms with Crippen LogP contribution in [0.4, 0.5) is 0 Å². The van der Waals surface area contributed by atoms with Gasteiger partial charge in [-0.15, -0.1) is 0 Å². The zero-order chi connectivity index (χ0) is 14.2. The van der Waals surface area contributed by atoms with Crippen LogP contribution in [0.3, 0.4) is 0 Å². The first kappa shape index (κ1) is 14.0. The second kappa shape index (κ2) is 4.92. The van der Waals surface area contributed by atoms with Crippen molar-refractivity contribution in [2.75, 3.05) is 6.61 Å². The summed E-state index contributed by atoms with van der Waals surface area (Å²) in [6.07, 6.45) is 0.559. The molecule has 1 aromatic heterocycles. The fraction of sp³-hybridized carbons (Fsp3) is 0.667. The van der Waals surface area contributed by atoms with E-state index < -0.39 is 29.2 Å². The van der Waals surface area contributed by atoms with E-state index in [0.717, 1.165) is 0 Å². The quantitative estimate of drug-likeness (QED) is 0.662. The predicted octanol–water partition coefficient (Wildman–Crippen LogP) is -0.870. The van der Waals surface area contributed by atoms with E-state index in [0.29, 0.717) is 12.0 Å². The lowest BCUT2D eigenvalue weighted by molar-refractivity contribution is -0.116. The minimum Gasteiger partial charge on any atom is -0.393 e. The lowest BCUT2D eigenvalue weighted by atomic mass is 10.0. The van der Waals surface area contributed by atoms with Gasteiger partial charge in [0.1, 0.15) is 11.8 Å². The minimum absolute atomic E-state index is 0.187. The number of aliphatic hydroxyl groups is 2. The standard InChI is InChI=1S/C12H18N2O5/c1-3-7-5-14(11(18)13-10(7)17)9-4-8(16)12(2,6-15)19-9/h5,8-9,15-16H,3-4,6H2,1-2H3,(H,13,17,18)/t8-,9+,12+/m0/s1. The number of nitrogens with zero attached hydrogens (tertiary/aromatic N) is 1. The molecule has 1 fully saturated rings. The molecule has 0 radical (unpaired) electrons. The number of nitrogens with one attached hydrogen (secondary N) is 1. The maximum atomic E-state index is 11.8. The number of aromatic amines is 1. The van der Waals surface area contributed by atoms with Crippen LogP contribution in [0, 0.1) is 0 Å². The molecule has 0 saturated carbocycles. The average molecular weight is 270 g/mol. The Bertz CT molecular complexity index is 578. The van der Waals surface area contributed by atoms with Crippen LogP contribution in [0.5, 0.6) is 0 Å². The Labute approximate surface area is 109 Å². The van der Waals surface area contributed by atoms with E-state index in [1.165, 1.54) is 10.8 Å². The molecule has 7 nitrogen and oxygen atoms in total. The lowest BCUT2D eigenvalue weighted by Crippen LogP contribution is -2.40. The van der Waals surface area contributed by atoms with Gasteiger partial charge in [0.25, 0.3) is 5.56 Å². The molecule has 3 N–H and O–H groups in total. The van der Waals surface area contributed by atoms with Gasteiger partial charge in [-0.2, -0.15) is 0 Å². The van der Waals surface area contributed by atoms with Crippen molar-refractivity contribution in [3.05, 3.63) is 32.6 Å². The summed E-state index contributed by atoms with van der Waals surface area (Å²) >= 11 is 0. The molecule has 1 aliphatic heterocycles. The summed E-state index contributed by atoms with van der Waals surface area (Å²) in [5, 5.41) is 19.1. The first-order valence-corrected chi connectivity index (χ1v) is 6.22. The van der Waals surface area contributed by atoms with Crippen LogP contribution in [-0.2, 0) is 11.2 Å². The monoisotopic (exact) mass is 270 g/mol. The first-order valence-electron chi connectivity index (χ1n) is 6.22. The van der Waals surface area contributed by atoms with Crippen molar-refractivity contribution in [3.8, 4) is 0 Å². The molecular weight excluding hydrogens is 252 g/mol. The Morgan fingerprint density at radius 2 is 2.26 bits per heavy atom. The molecule has 1 aromatic rings. The van der Waals surface area contributed by atoms with Gasteiger partial charge in [-0.1, -0.05) is 6.92 Å². The fourth-order valence-corrected chi connectivity index (χ4v) is 2.18. The van der Waals surface area contributed by atoms with Gasteiger partial charge in [0.15, 0.2) is 0 Å². The van der Waals surface area contributed by atoms with E-state index in [2.05, 4.69) is 4.98 Å². The van der Waals surface area contributed by atoms with Gasteiger partial charge in [0.05, 0.1) is 12.7 Å². The molecule has 1 saturated heterocycles. The molecule has 7 heteroatoms. The highest BCUT2D eigenvalue weighted by Gasteiger charge is 2.45.